The first kappa shape index (κ1) is 23.1. The largest absolute Gasteiger partial charge is 0.496 e. The number of thioether (sulfide) groups is 1. The molecule has 0 unspecified atom stereocenters. The van der Waals surface area contributed by atoms with Crippen LogP contribution in [0.15, 0.2) is 24.3 Å². The number of para-hydroxylation sites is 1. The zero-order valence-electron chi connectivity index (χ0n) is 17.3. The lowest BCUT2D eigenvalue weighted by molar-refractivity contribution is -0.151. The van der Waals surface area contributed by atoms with E-state index in [1.807, 2.05) is 6.26 Å². The monoisotopic (exact) mass is 422 g/mol. The van der Waals surface area contributed by atoms with Gasteiger partial charge in [-0.15, -0.1) is 0 Å². The van der Waals surface area contributed by atoms with Crippen LogP contribution in [-0.2, 0) is 14.3 Å². The van der Waals surface area contributed by atoms with Crippen molar-refractivity contribution in [3.63, 3.8) is 0 Å². The molecule has 1 saturated heterocycles. The summed E-state index contributed by atoms with van der Waals surface area (Å²) in [6, 6.07) is 6.27. The third-order valence-corrected chi connectivity index (χ3v) is 5.56. The summed E-state index contributed by atoms with van der Waals surface area (Å²) in [6.07, 6.45) is 3.93. The number of nitrogens with one attached hydrogen (secondary N) is 1. The highest BCUT2D eigenvalue weighted by molar-refractivity contribution is 7.98. The van der Waals surface area contributed by atoms with Crippen LogP contribution >= 0.6 is 11.8 Å². The van der Waals surface area contributed by atoms with Crippen LogP contribution in [-0.4, -0.2) is 67.5 Å². The number of rotatable bonds is 9. The first-order valence-electron chi connectivity index (χ1n) is 9.90. The van der Waals surface area contributed by atoms with E-state index in [2.05, 4.69) is 5.32 Å². The van der Waals surface area contributed by atoms with Gasteiger partial charge in [0.25, 0.3) is 5.91 Å². The number of piperidine rings is 1. The van der Waals surface area contributed by atoms with Gasteiger partial charge in [-0.2, -0.15) is 11.8 Å². The molecule has 29 heavy (non-hydrogen) atoms. The molecule has 1 N–H and O–H groups in total. The summed E-state index contributed by atoms with van der Waals surface area (Å²) < 4.78 is 10.4. The maximum absolute atomic E-state index is 13.2. The SMILES string of the molecule is CCOC(=O)[C@@H]1CCCN(C(=O)[C@H](CCSC)NC(=O)c2ccccc2OC)C1. The number of benzene rings is 1. The van der Waals surface area contributed by atoms with E-state index in [4.69, 9.17) is 9.47 Å². The van der Waals surface area contributed by atoms with Crippen LogP contribution in [0.2, 0.25) is 0 Å². The molecule has 160 valence electrons. The lowest BCUT2D eigenvalue weighted by atomic mass is 9.97. The summed E-state index contributed by atoms with van der Waals surface area (Å²) in [7, 11) is 1.51. The van der Waals surface area contributed by atoms with Crippen LogP contribution in [0, 0.1) is 5.92 Å². The minimum atomic E-state index is -0.652. The summed E-state index contributed by atoms with van der Waals surface area (Å²) in [5, 5.41) is 2.87. The van der Waals surface area contributed by atoms with E-state index in [1.54, 1.807) is 47.9 Å². The molecule has 8 heteroatoms. The number of ether oxygens (including phenoxy) is 2. The van der Waals surface area contributed by atoms with Crippen molar-refractivity contribution in [1.29, 1.82) is 0 Å². The lowest BCUT2D eigenvalue weighted by Crippen LogP contribution is -2.52. The molecule has 2 rings (SSSR count). The van der Waals surface area contributed by atoms with Crippen LogP contribution in [0.4, 0.5) is 0 Å². The van der Waals surface area contributed by atoms with Gasteiger partial charge in [-0.1, -0.05) is 12.1 Å². The number of hydrogen-bond donors (Lipinski definition) is 1. The number of hydrogen-bond acceptors (Lipinski definition) is 6. The zero-order valence-corrected chi connectivity index (χ0v) is 18.1. The van der Waals surface area contributed by atoms with Gasteiger partial charge in [0.05, 0.1) is 25.2 Å². The minimum Gasteiger partial charge on any atom is -0.496 e. The van der Waals surface area contributed by atoms with Crippen molar-refractivity contribution in [2.24, 2.45) is 5.92 Å². The normalized spacial score (nSPS) is 17.3. The molecule has 1 aromatic carbocycles. The van der Waals surface area contributed by atoms with Crippen molar-refractivity contribution in [2.75, 3.05) is 38.8 Å². The zero-order chi connectivity index (χ0) is 21.2. The number of methoxy groups -OCH3 is 1. The summed E-state index contributed by atoms with van der Waals surface area (Å²) >= 11 is 1.62. The Bertz CT molecular complexity index is 712. The van der Waals surface area contributed by atoms with Gasteiger partial charge in [0.2, 0.25) is 5.91 Å². The molecule has 2 atom stereocenters. The van der Waals surface area contributed by atoms with Crippen molar-refractivity contribution >= 4 is 29.5 Å². The Balaban J connectivity index is 2.11. The molecule has 0 aliphatic carbocycles. The fourth-order valence-corrected chi connectivity index (χ4v) is 3.88. The Hall–Kier alpha value is -2.22. The van der Waals surface area contributed by atoms with Crippen LogP contribution in [0.25, 0.3) is 0 Å². The topological polar surface area (TPSA) is 84.9 Å². The van der Waals surface area contributed by atoms with Gasteiger partial charge in [-0.25, -0.2) is 0 Å². The van der Waals surface area contributed by atoms with Crippen molar-refractivity contribution in [3.8, 4) is 5.75 Å². The predicted octanol–water partition coefficient (Wildman–Crippen LogP) is 2.35. The lowest BCUT2D eigenvalue weighted by Gasteiger charge is -2.34. The first-order valence-corrected chi connectivity index (χ1v) is 11.3. The summed E-state index contributed by atoms with van der Waals surface area (Å²) in [5.41, 5.74) is 0.389. The molecule has 0 bridgehead atoms. The average Bonchev–Trinajstić information content (AvgIpc) is 2.76. The maximum Gasteiger partial charge on any atom is 0.310 e. The van der Waals surface area contributed by atoms with Crippen LogP contribution in [0.3, 0.4) is 0 Å². The fraction of sp³-hybridized carbons (Fsp3) is 0.571. The van der Waals surface area contributed by atoms with Gasteiger partial charge in [-0.3, -0.25) is 14.4 Å². The molecule has 7 nitrogen and oxygen atoms in total. The van der Waals surface area contributed by atoms with Crippen molar-refractivity contribution in [3.05, 3.63) is 29.8 Å². The highest BCUT2D eigenvalue weighted by Gasteiger charge is 2.33. The summed E-state index contributed by atoms with van der Waals surface area (Å²) in [4.78, 5) is 39.7. The van der Waals surface area contributed by atoms with E-state index >= 15 is 0 Å². The number of nitrogens with zero attached hydrogens (tertiary/aromatic N) is 1. The molecule has 1 heterocycles. The van der Waals surface area contributed by atoms with Crippen molar-refractivity contribution in [1.82, 2.24) is 10.2 Å². The minimum absolute atomic E-state index is 0.156. The number of amides is 2. The Morgan fingerprint density at radius 1 is 1.31 bits per heavy atom. The van der Waals surface area contributed by atoms with Crippen LogP contribution < -0.4 is 10.1 Å². The number of carbonyl (C=O) groups is 3. The third-order valence-electron chi connectivity index (χ3n) is 4.92. The van der Waals surface area contributed by atoms with Gasteiger partial charge in [0, 0.05) is 13.1 Å². The van der Waals surface area contributed by atoms with E-state index in [-0.39, 0.29) is 23.7 Å². The number of likely N-dealkylation sites (tertiary alicyclic amines) is 1. The average molecular weight is 423 g/mol. The Morgan fingerprint density at radius 3 is 2.76 bits per heavy atom. The van der Waals surface area contributed by atoms with E-state index in [0.29, 0.717) is 43.9 Å². The summed E-state index contributed by atoms with van der Waals surface area (Å²) in [6.45, 7) is 3.01. The maximum atomic E-state index is 13.2. The van der Waals surface area contributed by atoms with Crippen LogP contribution in [0.5, 0.6) is 5.75 Å². The Kier molecular flexibility index (Phi) is 9.31. The number of carbonyl (C=O) groups excluding carboxylic acids is 3. The molecule has 1 fully saturated rings. The van der Waals surface area contributed by atoms with Gasteiger partial charge >= 0.3 is 5.97 Å². The van der Waals surface area contributed by atoms with E-state index in [9.17, 15) is 14.4 Å². The molecule has 1 aliphatic rings. The highest BCUT2D eigenvalue weighted by atomic mass is 32.2. The van der Waals surface area contributed by atoms with E-state index in [0.717, 1.165) is 12.2 Å². The van der Waals surface area contributed by atoms with Crippen molar-refractivity contribution in [2.45, 2.75) is 32.2 Å². The van der Waals surface area contributed by atoms with E-state index in [1.165, 1.54) is 7.11 Å². The fourth-order valence-electron chi connectivity index (χ4n) is 3.41. The highest BCUT2D eigenvalue weighted by Crippen LogP contribution is 2.21. The second-order valence-electron chi connectivity index (χ2n) is 6.88. The first-order chi connectivity index (χ1) is 14.0. The van der Waals surface area contributed by atoms with E-state index < -0.39 is 6.04 Å². The van der Waals surface area contributed by atoms with Crippen molar-refractivity contribution < 1.29 is 23.9 Å². The number of esters is 1. The molecular weight excluding hydrogens is 392 g/mol. The standard InChI is InChI=1S/C21H30N2O5S/c1-4-28-21(26)15-8-7-12-23(14-15)20(25)17(11-13-29-3)22-19(24)16-9-5-6-10-18(16)27-2/h5-6,9-10,15,17H,4,7-8,11-14H2,1-3H3,(H,22,24)/t15-,17+/m1/s1. The Morgan fingerprint density at radius 2 is 2.07 bits per heavy atom. The molecule has 1 aromatic rings. The van der Waals surface area contributed by atoms with Gasteiger partial charge in [-0.05, 0) is 50.3 Å². The predicted molar refractivity (Wildman–Crippen MR) is 113 cm³/mol. The van der Waals surface area contributed by atoms with Gasteiger partial charge < -0.3 is 19.7 Å². The smallest absolute Gasteiger partial charge is 0.310 e. The Labute approximate surface area is 176 Å². The van der Waals surface area contributed by atoms with Gasteiger partial charge in [0.15, 0.2) is 0 Å². The molecular formula is C21H30N2O5S. The molecule has 1 aliphatic heterocycles. The molecule has 0 spiro atoms. The molecule has 0 radical (unpaired) electrons. The third kappa shape index (κ3) is 6.39. The second kappa shape index (κ2) is 11.7. The second-order valence-corrected chi connectivity index (χ2v) is 7.87. The molecule has 2 amide bonds. The quantitative estimate of drug-likeness (QED) is 0.615. The molecule has 0 saturated carbocycles. The summed E-state index contributed by atoms with van der Waals surface area (Å²) in [5.74, 6) is 0.124. The molecule has 0 aromatic heterocycles. The van der Waals surface area contributed by atoms with Gasteiger partial charge in [0.1, 0.15) is 11.8 Å². The van der Waals surface area contributed by atoms with Crippen LogP contribution in [0.1, 0.15) is 36.5 Å².